The Morgan fingerprint density at radius 2 is 1.88 bits per heavy atom. The number of fused-ring (bicyclic) bond motifs is 1. The first-order chi connectivity index (χ1) is 11.6. The third kappa shape index (κ3) is 3.24. The summed E-state index contributed by atoms with van der Waals surface area (Å²) in [6.45, 7) is 4.09. The summed E-state index contributed by atoms with van der Waals surface area (Å²) in [7, 11) is 3.22. The predicted molar refractivity (Wildman–Crippen MR) is 92.8 cm³/mol. The molecule has 3 aromatic rings. The van der Waals surface area contributed by atoms with Crippen molar-refractivity contribution in [3.63, 3.8) is 0 Å². The molecule has 2 N–H and O–H groups in total. The van der Waals surface area contributed by atoms with E-state index in [1.54, 1.807) is 20.5 Å². The summed E-state index contributed by atoms with van der Waals surface area (Å²) in [6, 6.07) is 5.95. The van der Waals surface area contributed by atoms with Crippen LogP contribution in [0.2, 0.25) is 0 Å². The Bertz CT molecular complexity index is 846. The first kappa shape index (κ1) is 16.0. The van der Waals surface area contributed by atoms with E-state index in [2.05, 4.69) is 32.4 Å². The number of benzene rings is 1. The Kier molecular flexibility index (Phi) is 4.50. The highest BCUT2D eigenvalue weighted by molar-refractivity contribution is 5.91. The lowest BCUT2D eigenvalue weighted by Crippen LogP contribution is -2.19. The van der Waals surface area contributed by atoms with E-state index >= 15 is 0 Å². The van der Waals surface area contributed by atoms with Gasteiger partial charge in [-0.25, -0.2) is 9.97 Å². The number of anilines is 1. The summed E-state index contributed by atoms with van der Waals surface area (Å²) >= 11 is 0. The molecule has 0 amide bonds. The summed E-state index contributed by atoms with van der Waals surface area (Å²) in [5.74, 6) is 2.06. The number of hydrogen-bond acceptors (Lipinski definition) is 6. The van der Waals surface area contributed by atoms with Gasteiger partial charge in [-0.1, -0.05) is 0 Å². The van der Waals surface area contributed by atoms with Gasteiger partial charge in [0.15, 0.2) is 11.5 Å². The molecule has 0 radical (unpaired) electrons. The van der Waals surface area contributed by atoms with Crippen LogP contribution in [0, 0.1) is 6.92 Å². The van der Waals surface area contributed by atoms with Crippen LogP contribution in [-0.2, 0) is 6.42 Å². The van der Waals surface area contributed by atoms with Crippen LogP contribution in [0.1, 0.15) is 18.3 Å². The van der Waals surface area contributed by atoms with E-state index in [0.29, 0.717) is 11.5 Å². The van der Waals surface area contributed by atoms with Gasteiger partial charge in [-0.15, -0.1) is 0 Å². The minimum atomic E-state index is 0.166. The smallest absolute Gasteiger partial charge is 0.162 e. The summed E-state index contributed by atoms with van der Waals surface area (Å²) in [6.07, 6.45) is 2.34. The number of H-pyrrole nitrogens is 1. The van der Waals surface area contributed by atoms with Gasteiger partial charge >= 0.3 is 0 Å². The number of ether oxygens (including phenoxy) is 2. The number of nitrogens with one attached hydrogen (secondary N) is 2. The van der Waals surface area contributed by atoms with Crippen LogP contribution in [0.3, 0.4) is 0 Å². The van der Waals surface area contributed by atoms with Crippen LogP contribution >= 0.6 is 0 Å². The van der Waals surface area contributed by atoms with Crippen molar-refractivity contribution in [3.8, 4) is 11.5 Å². The first-order valence-electron chi connectivity index (χ1n) is 7.75. The van der Waals surface area contributed by atoms with Crippen LogP contribution in [0.5, 0.6) is 11.5 Å². The molecule has 0 aliphatic rings. The molecule has 0 saturated carbocycles. The molecule has 0 saturated heterocycles. The largest absolute Gasteiger partial charge is 0.493 e. The maximum Gasteiger partial charge on any atom is 0.162 e. The maximum absolute atomic E-state index is 5.38. The SMILES string of the molecule is COc1cc2ncnc(NC(C)Cc3cc(C)[nH]n3)c2cc1OC. The zero-order valence-electron chi connectivity index (χ0n) is 14.3. The van der Waals surface area contributed by atoms with Gasteiger partial charge in [-0.3, -0.25) is 5.10 Å². The maximum atomic E-state index is 5.38. The molecule has 0 aliphatic carbocycles. The van der Waals surface area contributed by atoms with Crippen LogP contribution in [0.15, 0.2) is 24.5 Å². The topological polar surface area (TPSA) is 85.0 Å². The van der Waals surface area contributed by atoms with E-state index in [1.165, 1.54) is 0 Å². The molecule has 0 fully saturated rings. The van der Waals surface area contributed by atoms with Gasteiger partial charge in [-0.2, -0.15) is 5.10 Å². The highest BCUT2D eigenvalue weighted by atomic mass is 16.5. The van der Waals surface area contributed by atoms with Gasteiger partial charge in [-0.05, 0) is 26.0 Å². The lowest BCUT2D eigenvalue weighted by molar-refractivity contribution is 0.356. The van der Waals surface area contributed by atoms with Gasteiger partial charge in [0.2, 0.25) is 0 Å². The Morgan fingerprint density at radius 3 is 2.54 bits per heavy atom. The van der Waals surface area contributed by atoms with Crippen molar-refractivity contribution in [3.05, 3.63) is 35.9 Å². The van der Waals surface area contributed by atoms with Gasteiger partial charge < -0.3 is 14.8 Å². The summed E-state index contributed by atoms with van der Waals surface area (Å²) < 4.78 is 10.7. The fraction of sp³-hybridized carbons (Fsp3) is 0.353. The third-order valence-electron chi connectivity index (χ3n) is 3.80. The highest BCUT2D eigenvalue weighted by Gasteiger charge is 2.13. The predicted octanol–water partition coefficient (Wildman–Crippen LogP) is 2.72. The van der Waals surface area contributed by atoms with Crippen molar-refractivity contribution in [2.24, 2.45) is 0 Å². The number of nitrogens with zero attached hydrogens (tertiary/aromatic N) is 3. The molecule has 2 heterocycles. The number of hydrogen-bond donors (Lipinski definition) is 2. The van der Waals surface area contributed by atoms with Crippen LogP contribution < -0.4 is 14.8 Å². The van der Waals surface area contributed by atoms with Crippen LogP contribution in [-0.4, -0.2) is 40.4 Å². The second-order valence-electron chi connectivity index (χ2n) is 5.74. The molecule has 126 valence electrons. The molecule has 2 aromatic heterocycles. The van der Waals surface area contributed by atoms with Crippen molar-refractivity contribution in [1.82, 2.24) is 20.2 Å². The van der Waals surface area contributed by atoms with E-state index < -0.39 is 0 Å². The van der Waals surface area contributed by atoms with Crippen LogP contribution in [0.4, 0.5) is 5.82 Å². The second-order valence-corrected chi connectivity index (χ2v) is 5.74. The minimum Gasteiger partial charge on any atom is -0.493 e. The zero-order chi connectivity index (χ0) is 17.1. The number of aromatic amines is 1. The molecular weight excluding hydrogens is 306 g/mol. The number of rotatable bonds is 6. The quantitative estimate of drug-likeness (QED) is 0.724. The third-order valence-corrected chi connectivity index (χ3v) is 3.80. The minimum absolute atomic E-state index is 0.166. The Balaban J connectivity index is 1.88. The number of aryl methyl sites for hydroxylation is 1. The van der Waals surface area contributed by atoms with Crippen molar-refractivity contribution in [2.75, 3.05) is 19.5 Å². The van der Waals surface area contributed by atoms with Crippen molar-refractivity contribution >= 4 is 16.7 Å². The van der Waals surface area contributed by atoms with Crippen molar-refractivity contribution in [2.45, 2.75) is 26.3 Å². The Labute approximate surface area is 140 Å². The lowest BCUT2D eigenvalue weighted by atomic mass is 10.1. The molecule has 0 aliphatic heterocycles. The van der Waals surface area contributed by atoms with E-state index in [0.717, 1.165) is 34.5 Å². The average Bonchev–Trinajstić information content (AvgIpc) is 2.98. The Hall–Kier alpha value is -2.83. The molecule has 0 spiro atoms. The number of aromatic nitrogens is 4. The van der Waals surface area contributed by atoms with E-state index in [-0.39, 0.29) is 6.04 Å². The fourth-order valence-electron chi connectivity index (χ4n) is 2.68. The van der Waals surface area contributed by atoms with E-state index in [9.17, 15) is 0 Å². The van der Waals surface area contributed by atoms with Gasteiger partial charge in [0, 0.05) is 29.6 Å². The van der Waals surface area contributed by atoms with E-state index in [4.69, 9.17) is 9.47 Å². The summed E-state index contributed by atoms with van der Waals surface area (Å²) in [5, 5.41) is 11.6. The lowest BCUT2D eigenvalue weighted by Gasteiger charge is -2.16. The second kappa shape index (κ2) is 6.74. The standard InChI is InChI=1S/C17H21N5O2/c1-10(5-12-6-11(2)21-22-12)20-17-13-7-15(23-3)16(24-4)8-14(13)18-9-19-17/h6-10H,5H2,1-4H3,(H,21,22)(H,18,19,20). The molecule has 1 atom stereocenters. The molecule has 7 heteroatoms. The molecule has 24 heavy (non-hydrogen) atoms. The molecule has 1 unspecified atom stereocenters. The zero-order valence-corrected chi connectivity index (χ0v) is 14.3. The Morgan fingerprint density at radius 1 is 1.12 bits per heavy atom. The monoisotopic (exact) mass is 327 g/mol. The van der Waals surface area contributed by atoms with Crippen molar-refractivity contribution in [1.29, 1.82) is 0 Å². The molecular formula is C17H21N5O2. The normalized spacial score (nSPS) is 12.2. The summed E-state index contributed by atoms with van der Waals surface area (Å²) in [5.41, 5.74) is 2.87. The average molecular weight is 327 g/mol. The van der Waals surface area contributed by atoms with Crippen molar-refractivity contribution < 1.29 is 9.47 Å². The van der Waals surface area contributed by atoms with Gasteiger partial charge in [0.05, 0.1) is 25.4 Å². The van der Waals surface area contributed by atoms with Gasteiger partial charge in [0.25, 0.3) is 0 Å². The molecule has 0 bridgehead atoms. The first-order valence-corrected chi connectivity index (χ1v) is 7.75. The molecule has 3 rings (SSSR count). The van der Waals surface area contributed by atoms with Crippen LogP contribution in [0.25, 0.3) is 10.9 Å². The van der Waals surface area contributed by atoms with E-state index in [1.807, 2.05) is 25.1 Å². The van der Waals surface area contributed by atoms with Gasteiger partial charge in [0.1, 0.15) is 12.1 Å². The highest BCUT2D eigenvalue weighted by Crippen LogP contribution is 2.33. The fourth-order valence-corrected chi connectivity index (χ4v) is 2.68. The molecule has 7 nitrogen and oxygen atoms in total. The molecule has 1 aromatic carbocycles. The summed E-state index contributed by atoms with van der Waals surface area (Å²) in [4.78, 5) is 8.69. The number of methoxy groups -OCH3 is 2.